The lowest BCUT2D eigenvalue weighted by molar-refractivity contribution is -0.137. The molecule has 8 heteroatoms. The van der Waals surface area contributed by atoms with Crippen LogP contribution in [-0.2, 0) is 10.9 Å². The quantitative estimate of drug-likeness (QED) is 0.877. The van der Waals surface area contributed by atoms with E-state index < -0.39 is 23.9 Å². The molecule has 1 aromatic carbocycles. The van der Waals surface area contributed by atoms with Crippen LogP contribution in [0, 0.1) is 0 Å². The minimum Gasteiger partial charge on any atom is -0.467 e. The van der Waals surface area contributed by atoms with E-state index in [1.165, 1.54) is 25.5 Å². The summed E-state index contributed by atoms with van der Waals surface area (Å²) in [5.74, 6) is 0.534. The molecule has 0 bridgehead atoms. The van der Waals surface area contributed by atoms with Gasteiger partial charge in [0.1, 0.15) is 11.9 Å². The Balaban J connectivity index is 1.92. The van der Waals surface area contributed by atoms with Crippen molar-refractivity contribution < 1.29 is 27.1 Å². The molecular weight excluding hydrogens is 313 g/mol. The molecule has 1 atom stereocenters. The van der Waals surface area contributed by atoms with Gasteiger partial charge in [-0.25, -0.2) is 4.79 Å². The van der Waals surface area contributed by atoms with Gasteiger partial charge in [-0.1, -0.05) is 6.07 Å². The van der Waals surface area contributed by atoms with E-state index in [-0.39, 0.29) is 12.2 Å². The molecule has 1 aromatic heterocycles. The first-order valence-electron chi connectivity index (χ1n) is 6.68. The second-order valence-electron chi connectivity index (χ2n) is 4.65. The number of hydrogen-bond acceptors (Lipinski definition) is 3. The van der Waals surface area contributed by atoms with Crippen molar-refractivity contribution in [2.75, 3.05) is 19.0 Å². The molecule has 2 rings (SSSR count). The molecule has 2 aromatic rings. The lowest BCUT2D eigenvalue weighted by Gasteiger charge is -2.15. The maximum absolute atomic E-state index is 12.6. The maximum Gasteiger partial charge on any atom is 0.416 e. The summed E-state index contributed by atoms with van der Waals surface area (Å²) in [5, 5.41) is 4.86. The van der Waals surface area contributed by atoms with Gasteiger partial charge in [0.2, 0.25) is 0 Å². The average Bonchev–Trinajstić information content (AvgIpc) is 3.01. The molecule has 2 amide bonds. The molecule has 0 saturated heterocycles. The van der Waals surface area contributed by atoms with Gasteiger partial charge >= 0.3 is 12.2 Å². The highest BCUT2D eigenvalue weighted by Gasteiger charge is 2.30. The molecule has 0 aliphatic rings. The number of rotatable bonds is 5. The third kappa shape index (κ3) is 4.75. The monoisotopic (exact) mass is 328 g/mol. The van der Waals surface area contributed by atoms with Crippen LogP contribution in [0.3, 0.4) is 0 Å². The van der Waals surface area contributed by atoms with Crippen LogP contribution in [0.5, 0.6) is 0 Å². The van der Waals surface area contributed by atoms with Crippen molar-refractivity contribution in [2.45, 2.75) is 12.3 Å². The summed E-state index contributed by atoms with van der Waals surface area (Å²) in [6.45, 7) is 0.106. The van der Waals surface area contributed by atoms with Gasteiger partial charge in [-0.05, 0) is 30.3 Å². The van der Waals surface area contributed by atoms with Gasteiger partial charge in [0, 0.05) is 12.8 Å². The number of alkyl halides is 3. The highest BCUT2D eigenvalue weighted by molar-refractivity contribution is 5.89. The van der Waals surface area contributed by atoms with E-state index in [0.29, 0.717) is 5.76 Å². The summed E-state index contributed by atoms with van der Waals surface area (Å²) >= 11 is 0. The van der Waals surface area contributed by atoms with E-state index in [0.717, 1.165) is 12.1 Å². The van der Waals surface area contributed by atoms with E-state index in [4.69, 9.17) is 9.15 Å². The number of nitrogens with one attached hydrogen (secondary N) is 2. The van der Waals surface area contributed by atoms with Crippen molar-refractivity contribution in [1.82, 2.24) is 5.32 Å². The van der Waals surface area contributed by atoms with E-state index in [1.807, 2.05) is 0 Å². The molecule has 5 nitrogen and oxygen atoms in total. The number of anilines is 1. The number of urea groups is 1. The van der Waals surface area contributed by atoms with Gasteiger partial charge in [0.05, 0.1) is 18.4 Å². The number of ether oxygens (including phenoxy) is 1. The number of benzene rings is 1. The van der Waals surface area contributed by atoms with Gasteiger partial charge in [0.15, 0.2) is 0 Å². The zero-order valence-electron chi connectivity index (χ0n) is 12.2. The van der Waals surface area contributed by atoms with Gasteiger partial charge in [-0.2, -0.15) is 13.2 Å². The van der Waals surface area contributed by atoms with Crippen molar-refractivity contribution in [3.05, 3.63) is 54.0 Å². The molecule has 1 heterocycles. The summed E-state index contributed by atoms with van der Waals surface area (Å²) in [5.41, 5.74) is -0.787. The summed E-state index contributed by atoms with van der Waals surface area (Å²) in [7, 11) is 1.46. The number of carbonyl (C=O) groups excluding carboxylic acids is 1. The van der Waals surface area contributed by atoms with Crippen LogP contribution >= 0.6 is 0 Å². The Kier molecular flexibility index (Phi) is 5.28. The largest absolute Gasteiger partial charge is 0.467 e. The second-order valence-corrected chi connectivity index (χ2v) is 4.65. The number of furan rings is 1. The van der Waals surface area contributed by atoms with E-state index in [9.17, 15) is 18.0 Å². The van der Waals surface area contributed by atoms with Crippen molar-refractivity contribution in [3.63, 3.8) is 0 Å². The summed E-state index contributed by atoms with van der Waals surface area (Å²) in [6, 6.07) is 7.12. The highest BCUT2D eigenvalue weighted by atomic mass is 19.4. The molecule has 124 valence electrons. The Morgan fingerprint density at radius 3 is 2.70 bits per heavy atom. The van der Waals surface area contributed by atoms with Crippen molar-refractivity contribution in [3.8, 4) is 0 Å². The van der Waals surface area contributed by atoms with Crippen molar-refractivity contribution in [1.29, 1.82) is 0 Å². The third-order valence-electron chi connectivity index (χ3n) is 3.04. The fourth-order valence-electron chi connectivity index (χ4n) is 1.91. The highest BCUT2D eigenvalue weighted by Crippen LogP contribution is 2.30. The molecule has 0 fully saturated rings. The predicted molar refractivity (Wildman–Crippen MR) is 76.9 cm³/mol. The van der Waals surface area contributed by atoms with Crippen LogP contribution in [0.2, 0.25) is 0 Å². The first-order chi connectivity index (χ1) is 10.9. The Morgan fingerprint density at radius 2 is 2.09 bits per heavy atom. The van der Waals surface area contributed by atoms with Gasteiger partial charge in [-0.15, -0.1) is 0 Å². The van der Waals surface area contributed by atoms with Crippen LogP contribution in [0.15, 0.2) is 47.1 Å². The number of amides is 2. The minimum atomic E-state index is -4.46. The molecular formula is C15H15F3N2O3. The van der Waals surface area contributed by atoms with Crippen molar-refractivity contribution in [2.24, 2.45) is 0 Å². The second kappa shape index (κ2) is 7.19. The fourth-order valence-corrected chi connectivity index (χ4v) is 1.91. The minimum absolute atomic E-state index is 0.0456. The topological polar surface area (TPSA) is 63.5 Å². The molecule has 0 saturated carbocycles. The number of hydrogen-bond donors (Lipinski definition) is 2. The molecule has 0 unspecified atom stereocenters. The Hall–Kier alpha value is -2.48. The molecule has 0 radical (unpaired) electrons. The van der Waals surface area contributed by atoms with Crippen LogP contribution in [0.25, 0.3) is 0 Å². The van der Waals surface area contributed by atoms with E-state index in [2.05, 4.69) is 10.6 Å². The molecule has 23 heavy (non-hydrogen) atoms. The third-order valence-corrected chi connectivity index (χ3v) is 3.04. The van der Waals surface area contributed by atoms with Crippen LogP contribution in [0.1, 0.15) is 17.4 Å². The lowest BCUT2D eigenvalue weighted by Crippen LogP contribution is -2.32. The van der Waals surface area contributed by atoms with Crippen LogP contribution < -0.4 is 10.6 Å². The predicted octanol–water partition coefficient (Wildman–Crippen LogP) is 3.81. The molecule has 0 aliphatic carbocycles. The fraction of sp³-hybridized carbons (Fsp3) is 0.267. The number of halogens is 3. The first kappa shape index (κ1) is 16.9. The molecule has 0 aliphatic heterocycles. The Morgan fingerprint density at radius 1 is 1.30 bits per heavy atom. The van der Waals surface area contributed by atoms with Gasteiger partial charge in [0.25, 0.3) is 0 Å². The smallest absolute Gasteiger partial charge is 0.416 e. The Labute approximate surface area is 130 Å². The SMILES string of the molecule is CO[C@@H](CNC(=O)Nc1cccc(C(F)(F)F)c1)c1ccco1. The zero-order valence-corrected chi connectivity index (χ0v) is 12.2. The van der Waals surface area contributed by atoms with Gasteiger partial charge < -0.3 is 19.8 Å². The standard InChI is InChI=1S/C15H15F3N2O3/c1-22-13(12-6-3-7-23-12)9-19-14(21)20-11-5-2-4-10(8-11)15(16,17)18/h2-8,13H,9H2,1H3,(H2,19,20,21)/t13-/m0/s1. The summed E-state index contributed by atoms with van der Waals surface area (Å²) < 4.78 is 48.2. The van der Waals surface area contributed by atoms with Gasteiger partial charge in [-0.3, -0.25) is 0 Å². The number of carbonyl (C=O) groups is 1. The van der Waals surface area contributed by atoms with E-state index in [1.54, 1.807) is 12.1 Å². The zero-order chi connectivity index (χ0) is 16.9. The van der Waals surface area contributed by atoms with Crippen LogP contribution in [-0.4, -0.2) is 19.7 Å². The average molecular weight is 328 g/mol. The normalized spacial score (nSPS) is 12.7. The summed E-state index contributed by atoms with van der Waals surface area (Å²) in [6.07, 6.45) is -3.48. The lowest BCUT2D eigenvalue weighted by atomic mass is 10.2. The van der Waals surface area contributed by atoms with Crippen LogP contribution in [0.4, 0.5) is 23.7 Å². The Bertz CT molecular complexity index is 642. The molecule has 2 N–H and O–H groups in total. The summed E-state index contributed by atoms with van der Waals surface area (Å²) in [4.78, 5) is 11.8. The maximum atomic E-state index is 12.6. The van der Waals surface area contributed by atoms with E-state index >= 15 is 0 Å². The molecule has 0 spiro atoms. The number of methoxy groups -OCH3 is 1. The first-order valence-corrected chi connectivity index (χ1v) is 6.68. The van der Waals surface area contributed by atoms with Crippen molar-refractivity contribution >= 4 is 11.7 Å².